The molecule has 0 aromatic heterocycles. The molecule has 1 atom stereocenters. The molecule has 0 radical (unpaired) electrons. The summed E-state index contributed by atoms with van der Waals surface area (Å²) in [7, 11) is 1.53. The normalized spacial score (nSPS) is 11.6. The van der Waals surface area contributed by atoms with E-state index < -0.39 is 12.1 Å². The SMILES string of the molecule is COCOc1ccc(C(=O)C(OC(C)=O)c2ccccc2)cc1. The highest BCUT2D eigenvalue weighted by molar-refractivity contribution is 6.01. The Morgan fingerprint density at radius 1 is 1.00 bits per heavy atom. The third-order valence-corrected chi connectivity index (χ3v) is 3.11. The van der Waals surface area contributed by atoms with E-state index in [2.05, 4.69) is 0 Å². The van der Waals surface area contributed by atoms with Crippen molar-refractivity contribution in [2.75, 3.05) is 13.9 Å². The van der Waals surface area contributed by atoms with Crippen molar-refractivity contribution in [1.82, 2.24) is 0 Å². The van der Waals surface area contributed by atoms with Gasteiger partial charge in [0, 0.05) is 25.2 Å². The predicted octanol–water partition coefficient (Wildman–Crippen LogP) is 3.16. The molecule has 0 saturated carbocycles. The highest BCUT2D eigenvalue weighted by atomic mass is 16.7. The number of ketones is 1. The van der Waals surface area contributed by atoms with Gasteiger partial charge in [0.2, 0.25) is 5.78 Å². The van der Waals surface area contributed by atoms with Gasteiger partial charge < -0.3 is 14.2 Å². The molecule has 2 aromatic carbocycles. The quantitative estimate of drug-likeness (QED) is 0.446. The summed E-state index contributed by atoms with van der Waals surface area (Å²) in [5.74, 6) is -0.205. The van der Waals surface area contributed by atoms with Crippen LogP contribution < -0.4 is 4.74 Å². The maximum atomic E-state index is 12.7. The van der Waals surface area contributed by atoms with Crippen molar-refractivity contribution in [3.63, 3.8) is 0 Å². The van der Waals surface area contributed by atoms with Crippen LogP contribution >= 0.6 is 0 Å². The van der Waals surface area contributed by atoms with E-state index in [9.17, 15) is 9.59 Å². The Balaban J connectivity index is 2.21. The summed E-state index contributed by atoms with van der Waals surface area (Å²) in [6.45, 7) is 1.41. The second-order valence-electron chi connectivity index (χ2n) is 4.84. The Hall–Kier alpha value is -2.66. The molecule has 0 bridgehead atoms. The topological polar surface area (TPSA) is 61.8 Å². The molecule has 0 amide bonds. The summed E-state index contributed by atoms with van der Waals surface area (Å²) in [6, 6.07) is 15.5. The van der Waals surface area contributed by atoms with Gasteiger partial charge in [0.15, 0.2) is 12.9 Å². The van der Waals surface area contributed by atoms with Gasteiger partial charge in [-0.1, -0.05) is 30.3 Å². The molecule has 5 nitrogen and oxygen atoms in total. The number of ether oxygens (including phenoxy) is 3. The molecule has 2 aromatic rings. The third kappa shape index (κ3) is 4.66. The molecule has 0 spiro atoms. The molecule has 0 N–H and O–H groups in total. The fraction of sp³-hybridized carbons (Fsp3) is 0.222. The van der Waals surface area contributed by atoms with Gasteiger partial charge in [-0.25, -0.2) is 0 Å². The van der Waals surface area contributed by atoms with Crippen LogP contribution in [0.5, 0.6) is 5.75 Å². The van der Waals surface area contributed by atoms with Crippen LogP contribution in [0.3, 0.4) is 0 Å². The van der Waals surface area contributed by atoms with Gasteiger partial charge in [-0.3, -0.25) is 9.59 Å². The minimum Gasteiger partial charge on any atom is -0.468 e. The minimum atomic E-state index is -0.959. The average molecular weight is 314 g/mol. The molecule has 120 valence electrons. The molecule has 2 rings (SSSR count). The number of carbonyl (C=O) groups excluding carboxylic acids is 2. The first-order valence-electron chi connectivity index (χ1n) is 7.10. The number of esters is 1. The van der Waals surface area contributed by atoms with Crippen molar-refractivity contribution in [3.05, 3.63) is 65.7 Å². The summed E-state index contributed by atoms with van der Waals surface area (Å²) >= 11 is 0. The van der Waals surface area contributed by atoms with E-state index in [1.54, 1.807) is 48.5 Å². The Morgan fingerprint density at radius 2 is 1.65 bits per heavy atom. The van der Waals surface area contributed by atoms with Crippen molar-refractivity contribution >= 4 is 11.8 Å². The second-order valence-corrected chi connectivity index (χ2v) is 4.84. The Labute approximate surface area is 134 Å². The van der Waals surface area contributed by atoms with Crippen LogP contribution in [0.2, 0.25) is 0 Å². The van der Waals surface area contributed by atoms with E-state index >= 15 is 0 Å². The number of hydrogen-bond donors (Lipinski definition) is 0. The molecule has 0 aliphatic carbocycles. The second kappa shape index (κ2) is 8.10. The third-order valence-electron chi connectivity index (χ3n) is 3.11. The molecule has 0 saturated heterocycles. The first-order chi connectivity index (χ1) is 11.1. The van der Waals surface area contributed by atoms with Crippen molar-refractivity contribution in [1.29, 1.82) is 0 Å². The summed E-state index contributed by atoms with van der Waals surface area (Å²) in [5, 5.41) is 0. The van der Waals surface area contributed by atoms with Crippen LogP contribution in [-0.4, -0.2) is 25.7 Å². The molecule has 1 unspecified atom stereocenters. The number of Topliss-reactive ketones (excluding diaryl/α,β-unsaturated/α-hetero) is 1. The molecule has 23 heavy (non-hydrogen) atoms. The van der Waals surface area contributed by atoms with Crippen LogP contribution in [0.15, 0.2) is 54.6 Å². The average Bonchev–Trinajstić information content (AvgIpc) is 2.58. The maximum Gasteiger partial charge on any atom is 0.303 e. The lowest BCUT2D eigenvalue weighted by Gasteiger charge is -2.16. The van der Waals surface area contributed by atoms with Crippen molar-refractivity contribution in [3.8, 4) is 5.75 Å². The fourth-order valence-electron chi connectivity index (χ4n) is 2.06. The zero-order chi connectivity index (χ0) is 16.7. The first kappa shape index (κ1) is 16.7. The van der Waals surface area contributed by atoms with Gasteiger partial charge in [0.25, 0.3) is 0 Å². The lowest BCUT2D eigenvalue weighted by molar-refractivity contribution is -0.144. The van der Waals surface area contributed by atoms with Gasteiger partial charge >= 0.3 is 5.97 Å². The highest BCUT2D eigenvalue weighted by Crippen LogP contribution is 2.24. The number of rotatable bonds is 7. The Kier molecular flexibility index (Phi) is 5.88. The largest absolute Gasteiger partial charge is 0.468 e. The summed E-state index contributed by atoms with van der Waals surface area (Å²) < 4.78 is 15.3. The molecular weight excluding hydrogens is 296 g/mol. The smallest absolute Gasteiger partial charge is 0.303 e. The zero-order valence-electron chi connectivity index (χ0n) is 13.0. The zero-order valence-corrected chi connectivity index (χ0v) is 13.0. The number of benzene rings is 2. The highest BCUT2D eigenvalue weighted by Gasteiger charge is 2.24. The van der Waals surface area contributed by atoms with E-state index in [4.69, 9.17) is 14.2 Å². The lowest BCUT2D eigenvalue weighted by Crippen LogP contribution is -2.18. The number of methoxy groups -OCH3 is 1. The van der Waals surface area contributed by atoms with Crippen molar-refractivity contribution < 1.29 is 23.8 Å². The number of carbonyl (C=O) groups is 2. The van der Waals surface area contributed by atoms with Gasteiger partial charge in [-0.05, 0) is 24.3 Å². The molecular formula is C18H18O5. The molecule has 0 aliphatic heterocycles. The molecule has 0 heterocycles. The van der Waals surface area contributed by atoms with Gasteiger partial charge in [0.1, 0.15) is 5.75 Å². The van der Waals surface area contributed by atoms with E-state index in [1.165, 1.54) is 14.0 Å². The Morgan fingerprint density at radius 3 is 2.22 bits per heavy atom. The monoisotopic (exact) mass is 314 g/mol. The Bertz CT molecular complexity index is 649. The van der Waals surface area contributed by atoms with Crippen molar-refractivity contribution in [2.24, 2.45) is 0 Å². The summed E-state index contributed by atoms with van der Waals surface area (Å²) in [5.41, 5.74) is 1.07. The summed E-state index contributed by atoms with van der Waals surface area (Å²) in [6.07, 6.45) is -0.959. The minimum absolute atomic E-state index is 0.132. The van der Waals surface area contributed by atoms with Crippen molar-refractivity contribution in [2.45, 2.75) is 13.0 Å². The summed E-state index contributed by atoms with van der Waals surface area (Å²) in [4.78, 5) is 24.0. The van der Waals surface area contributed by atoms with Gasteiger partial charge in [-0.15, -0.1) is 0 Å². The molecule has 5 heteroatoms. The van der Waals surface area contributed by atoms with E-state index in [-0.39, 0.29) is 12.6 Å². The van der Waals surface area contributed by atoms with Crippen LogP contribution in [0.4, 0.5) is 0 Å². The van der Waals surface area contributed by atoms with E-state index in [1.807, 2.05) is 6.07 Å². The number of hydrogen-bond acceptors (Lipinski definition) is 5. The van der Waals surface area contributed by atoms with Crippen LogP contribution in [0.1, 0.15) is 28.9 Å². The molecule has 0 aliphatic rings. The van der Waals surface area contributed by atoms with Gasteiger partial charge in [-0.2, -0.15) is 0 Å². The van der Waals surface area contributed by atoms with E-state index in [0.29, 0.717) is 16.9 Å². The predicted molar refractivity (Wildman–Crippen MR) is 84.2 cm³/mol. The van der Waals surface area contributed by atoms with Crippen LogP contribution in [-0.2, 0) is 14.3 Å². The maximum absolute atomic E-state index is 12.7. The van der Waals surface area contributed by atoms with E-state index in [0.717, 1.165) is 0 Å². The fourth-order valence-corrected chi connectivity index (χ4v) is 2.06. The lowest BCUT2D eigenvalue weighted by atomic mass is 10.00. The first-order valence-corrected chi connectivity index (χ1v) is 7.10. The van der Waals surface area contributed by atoms with Crippen LogP contribution in [0.25, 0.3) is 0 Å². The van der Waals surface area contributed by atoms with Crippen LogP contribution in [0, 0.1) is 0 Å². The standard InChI is InChI=1S/C18H18O5/c1-13(19)23-18(15-6-4-3-5-7-15)17(20)14-8-10-16(11-9-14)22-12-21-2/h3-11,18H,12H2,1-2H3. The van der Waals surface area contributed by atoms with Gasteiger partial charge in [0.05, 0.1) is 0 Å². The molecule has 0 fully saturated rings.